The summed E-state index contributed by atoms with van der Waals surface area (Å²) in [6, 6.07) is 1.24. The van der Waals surface area contributed by atoms with Crippen LogP contribution in [-0.2, 0) is 17.5 Å². The minimum absolute atomic E-state index is 0.211. The first-order valence-electron chi connectivity index (χ1n) is 4.08. The number of ketones is 1. The number of Topliss-reactive ketones (excluding diaryl/α,β-unsaturated/α-hetero) is 1. The van der Waals surface area contributed by atoms with Crippen LogP contribution in [0.3, 0.4) is 0 Å². The van der Waals surface area contributed by atoms with Crippen molar-refractivity contribution >= 4 is 5.78 Å². The average molecular weight is 219 g/mol. The molecule has 0 atom stereocenters. The van der Waals surface area contributed by atoms with E-state index in [1.54, 1.807) is 0 Å². The Morgan fingerprint density at radius 1 is 1.47 bits per heavy atom. The Bertz CT molecular complexity index is 434. The molecule has 0 saturated carbocycles. The molecular formula is C9H8F3NO2. The predicted molar refractivity (Wildman–Crippen MR) is 46.4 cm³/mol. The molecule has 0 amide bonds. The standard InChI is InChI=1S/C9H8F3NO2/c1-6(14)5-13-3-2-7(4-8(13)15)9(10,11)12/h2-4H,5H2,1H3. The smallest absolute Gasteiger partial charge is 0.308 e. The summed E-state index contributed by atoms with van der Waals surface area (Å²) in [5.41, 5.74) is -1.84. The van der Waals surface area contributed by atoms with Crippen LogP contribution in [0, 0.1) is 0 Å². The Kier molecular flexibility index (Phi) is 2.97. The molecule has 1 heterocycles. The Hall–Kier alpha value is -1.59. The van der Waals surface area contributed by atoms with Gasteiger partial charge in [0.15, 0.2) is 0 Å². The van der Waals surface area contributed by atoms with Gasteiger partial charge in [-0.15, -0.1) is 0 Å². The normalized spacial score (nSPS) is 11.5. The van der Waals surface area contributed by atoms with Crippen molar-refractivity contribution < 1.29 is 18.0 Å². The van der Waals surface area contributed by atoms with Crippen molar-refractivity contribution in [2.45, 2.75) is 19.6 Å². The van der Waals surface area contributed by atoms with Gasteiger partial charge >= 0.3 is 6.18 Å². The molecule has 15 heavy (non-hydrogen) atoms. The first-order valence-corrected chi connectivity index (χ1v) is 4.08. The van der Waals surface area contributed by atoms with Gasteiger partial charge in [-0.05, 0) is 13.0 Å². The van der Waals surface area contributed by atoms with E-state index in [0.29, 0.717) is 6.07 Å². The summed E-state index contributed by atoms with van der Waals surface area (Å²) in [4.78, 5) is 21.8. The lowest BCUT2D eigenvalue weighted by Crippen LogP contribution is -2.23. The van der Waals surface area contributed by atoms with Crippen LogP contribution < -0.4 is 5.56 Å². The first-order chi connectivity index (χ1) is 6.80. The highest BCUT2D eigenvalue weighted by Gasteiger charge is 2.30. The molecule has 6 heteroatoms. The molecule has 0 aliphatic carbocycles. The van der Waals surface area contributed by atoms with Crippen LogP contribution in [0.4, 0.5) is 13.2 Å². The fourth-order valence-electron chi connectivity index (χ4n) is 1.05. The fraction of sp³-hybridized carbons (Fsp3) is 0.333. The van der Waals surface area contributed by atoms with Gasteiger partial charge < -0.3 is 4.57 Å². The van der Waals surface area contributed by atoms with E-state index in [0.717, 1.165) is 16.8 Å². The Balaban J connectivity index is 3.09. The van der Waals surface area contributed by atoms with Gasteiger partial charge in [-0.2, -0.15) is 13.2 Å². The highest BCUT2D eigenvalue weighted by molar-refractivity contribution is 5.75. The van der Waals surface area contributed by atoms with Crippen LogP contribution in [-0.4, -0.2) is 10.4 Å². The number of carbonyl (C=O) groups excluding carboxylic acids is 1. The molecule has 0 aliphatic rings. The van der Waals surface area contributed by atoms with Gasteiger partial charge in [-0.3, -0.25) is 9.59 Å². The van der Waals surface area contributed by atoms with Crippen molar-refractivity contribution in [3.8, 4) is 0 Å². The number of pyridine rings is 1. The summed E-state index contributed by atoms with van der Waals surface area (Å²) < 4.78 is 37.4. The zero-order chi connectivity index (χ0) is 11.6. The van der Waals surface area contributed by atoms with Crippen LogP contribution in [0.2, 0.25) is 0 Å². The summed E-state index contributed by atoms with van der Waals surface area (Å²) in [6.45, 7) is 1.04. The zero-order valence-electron chi connectivity index (χ0n) is 7.84. The molecule has 1 rings (SSSR count). The van der Waals surface area contributed by atoms with Crippen LogP contribution in [0.15, 0.2) is 23.1 Å². The highest BCUT2D eigenvalue weighted by Crippen LogP contribution is 2.27. The Morgan fingerprint density at radius 3 is 2.47 bits per heavy atom. The molecule has 3 nitrogen and oxygen atoms in total. The number of nitrogens with zero attached hydrogens (tertiary/aromatic N) is 1. The van der Waals surface area contributed by atoms with Gasteiger partial charge in [0, 0.05) is 12.3 Å². The first kappa shape index (κ1) is 11.5. The van der Waals surface area contributed by atoms with Crippen molar-refractivity contribution in [2.75, 3.05) is 0 Å². The van der Waals surface area contributed by atoms with Gasteiger partial charge in [-0.25, -0.2) is 0 Å². The van der Waals surface area contributed by atoms with Gasteiger partial charge in [-0.1, -0.05) is 0 Å². The number of alkyl halides is 3. The Morgan fingerprint density at radius 2 is 2.07 bits per heavy atom. The van der Waals surface area contributed by atoms with Gasteiger partial charge in [0.1, 0.15) is 5.78 Å². The van der Waals surface area contributed by atoms with Gasteiger partial charge in [0.05, 0.1) is 12.1 Å². The number of aromatic nitrogens is 1. The molecule has 0 radical (unpaired) electrons. The summed E-state index contributed by atoms with van der Waals surface area (Å²) >= 11 is 0. The third-order valence-corrected chi connectivity index (χ3v) is 1.72. The molecule has 82 valence electrons. The monoisotopic (exact) mass is 219 g/mol. The molecular weight excluding hydrogens is 211 g/mol. The maximum absolute atomic E-state index is 12.1. The molecule has 0 spiro atoms. The molecule has 0 aromatic carbocycles. The third kappa shape index (κ3) is 2.93. The van der Waals surface area contributed by atoms with Crippen LogP contribution in [0.1, 0.15) is 12.5 Å². The lowest BCUT2D eigenvalue weighted by Gasteiger charge is -2.07. The minimum Gasteiger partial charge on any atom is -0.308 e. The van der Waals surface area contributed by atoms with E-state index in [9.17, 15) is 22.8 Å². The van der Waals surface area contributed by atoms with Crippen molar-refractivity contribution in [3.63, 3.8) is 0 Å². The maximum atomic E-state index is 12.1. The maximum Gasteiger partial charge on any atom is 0.416 e. The fourth-order valence-corrected chi connectivity index (χ4v) is 1.05. The number of hydrogen-bond donors (Lipinski definition) is 0. The molecule has 1 aromatic rings. The second kappa shape index (κ2) is 3.88. The van der Waals surface area contributed by atoms with Gasteiger partial charge in [0.25, 0.3) is 5.56 Å². The van der Waals surface area contributed by atoms with E-state index in [4.69, 9.17) is 0 Å². The number of hydrogen-bond acceptors (Lipinski definition) is 2. The predicted octanol–water partition coefficient (Wildman–Crippen LogP) is 1.46. The van der Waals surface area contributed by atoms with E-state index in [-0.39, 0.29) is 12.3 Å². The summed E-state index contributed by atoms with van der Waals surface area (Å²) in [5.74, 6) is -0.295. The van der Waals surface area contributed by atoms with Crippen molar-refractivity contribution in [2.24, 2.45) is 0 Å². The molecule has 0 aliphatic heterocycles. The molecule has 0 saturated heterocycles. The number of halogens is 3. The topological polar surface area (TPSA) is 39.1 Å². The summed E-state index contributed by atoms with van der Waals surface area (Å²) in [7, 11) is 0. The van der Waals surface area contributed by atoms with E-state index in [1.807, 2.05) is 0 Å². The van der Waals surface area contributed by atoms with E-state index in [1.165, 1.54) is 6.92 Å². The second-order valence-corrected chi connectivity index (χ2v) is 3.08. The van der Waals surface area contributed by atoms with Crippen LogP contribution >= 0.6 is 0 Å². The van der Waals surface area contributed by atoms with E-state index >= 15 is 0 Å². The summed E-state index contributed by atoms with van der Waals surface area (Å²) in [5, 5.41) is 0. The quantitative estimate of drug-likeness (QED) is 0.755. The molecule has 0 bridgehead atoms. The van der Waals surface area contributed by atoms with Crippen molar-refractivity contribution in [1.82, 2.24) is 4.57 Å². The average Bonchev–Trinajstić information content (AvgIpc) is 2.05. The number of rotatable bonds is 2. The highest BCUT2D eigenvalue weighted by atomic mass is 19.4. The molecule has 0 fully saturated rings. The van der Waals surface area contributed by atoms with E-state index < -0.39 is 17.3 Å². The molecule has 0 N–H and O–H groups in total. The Labute approximate surface area is 83.1 Å². The third-order valence-electron chi connectivity index (χ3n) is 1.72. The van der Waals surface area contributed by atoms with E-state index in [2.05, 4.69) is 0 Å². The SMILES string of the molecule is CC(=O)Cn1ccc(C(F)(F)F)cc1=O. The van der Waals surface area contributed by atoms with Crippen LogP contribution in [0.25, 0.3) is 0 Å². The lowest BCUT2D eigenvalue weighted by atomic mass is 10.2. The molecule has 0 unspecified atom stereocenters. The largest absolute Gasteiger partial charge is 0.416 e. The minimum atomic E-state index is -4.53. The van der Waals surface area contributed by atoms with Crippen molar-refractivity contribution in [1.29, 1.82) is 0 Å². The number of carbonyl (C=O) groups is 1. The zero-order valence-corrected chi connectivity index (χ0v) is 7.84. The molecule has 1 aromatic heterocycles. The van der Waals surface area contributed by atoms with Gasteiger partial charge in [0.2, 0.25) is 0 Å². The second-order valence-electron chi connectivity index (χ2n) is 3.08. The lowest BCUT2D eigenvalue weighted by molar-refractivity contribution is -0.137. The van der Waals surface area contributed by atoms with Crippen LogP contribution in [0.5, 0.6) is 0 Å². The van der Waals surface area contributed by atoms with Crippen molar-refractivity contribution in [3.05, 3.63) is 34.2 Å². The summed E-state index contributed by atoms with van der Waals surface area (Å²) in [6.07, 6.45) is -3.57.